The number of pyridine rings is 1. The van der Waals surface area contributed by atoms with Gasteiger partial charge >= 0.3 is 6.03 Å². The molecule has 310 valence electrons. The molecular weight excluding hydrogens is 769 g/mol. The van der Waals surface area contributed by atoms with Crippen LogP contribution in [0.5, 0.6) is 0 Å². The molecule has 3 aliphatic heterocycles. The van der Waals surface area contributed by atoms with Crippen molar-refractivity contribution in [2.75, 3.05) is 41.7 Å². The first-order valence-electron chi connectivity index (χ1n) is 20.7. The van der Waals surface area contributed by atoms with Gasteiger partial charge in [0.15, 0.2) is 5.65 Å². The van der Waals surface area contributed by atoms with Crippen molar-refractivity contribution in [2.24, 2.45) is 0 Å². The van der Waals surface area contributed by atoms with E-state index in [9.17, 15) is 24.0 Å². The number of hydrogen-bond acceptors (Lipinski definition) is 12. The highest BCUT2D eigenvalue weighted by Gasteiger charge is 2.39. The summed E-state index contributed by atoms with van der Waals surface area (Å²) < 4.78 is 7.34. The second-order valence-electron chi connectivity index (χ2n) is 15.9. The summed E-state index contributed by atoms with van der Waals surface area (Å²) in [6, 6.07) is 8.34. The molecule has 1 saturated carbocycles. The molecule has 1 aromatic carbocycles. The Bertz CT molecular complexity index is 2480. The lowest BCUT2D eigenvalue weighted by atomic mass is 10.0. The Balaban J connectivity index is 0.719. The molecule has 0 spiro atoms. The first-order chi connectivity index (χ1) is 29.2. The highest BCUT2D eigenvalue weighted by atomic mass is 16.5. The van der Waals surface area contributed by atoms with Gasteiger partial charge in [0.1, 0.15) is 11.7 Å². The number of benzene rings is 1. The van der Waals surface area contributed by atoms with Crippen molar-refractivity contribution in [1.82, 2.24) is 44.8 Å². The van der Waals surface area contributed by atoms with Crippen LogP contribution in [0.15, 0.2) is 53.4 Å². The molecule has 2 saturated heterocycles. The van der Waals surface area contributed by atoms with Crippen molar-refractivity contribution >= 4 is 52.4 Å². The number of nitrogens with zero attached hydrogens (tertiary/aromatic N) is 9. The highest BCUT2D eigenvalue weighted by Crippen LogP contribution is 2.38. The average molecular weight is 815 g/mol. The number of rotatable bonds is 11. The summed E-state index contributed by atoms with van der Waals surface area (Å²) in [5, 5.41) is 16.8. The third kappa shape index (κ3) is 7.88. The van der Waals surface area contributed by atoms with Crippen molar-refractivity contribution in [2.45, 2.75) is 89.6 Å². The van der Waals surface area contributed by atoms with Gasteiger partial charge in [-0.1, -0.05) is 18.0 Å². The summed E-state index contributed by atoms with van der Waals surface area (Å²) in [6.45, 7) is 4.72. The monoisotopic (exact) mass is 814 g/mol. The van der Waals surface area contributed by atoms with Gasteiger partial charge in [0.05, 0.1) is 35.7 Å². The van der Waals surface area contributed by atoms with E-state index in [4.69, 9.17) is 4.52 Å². The number of imide groups is 1. The van der Waals surface area contributed by atoms with Crippen LogP contribution < -0.4 is 20.9 Å². The van der Waals surface area contributed by atoms with Crippen LogP contribution in [0, 0.1) is 6.92 Å². The number of carbonyl (C=O) groups excluding carboxylic acids is 5. The van der Waals surface area contributed by atoms with Crippen LogP contribution in [0.2, 0.25) is 0 Å². The Morgan fingerprint density at radius 1 is 0.950 bits per heavy atom. The van der Waals surface area contributed by atoms with E-state index < -0.39 is 18.0 Å². The number of urea groups is 1. The van der Waals surface area contributed by atoms with Crippen LogP contribution in [0.25, 0.3) is 17.2 Å². The van der Waals surface area contributed by atoms with Gasteiger partial charge in [-0.15, -0.1) is 0 Å². The van der Waals surface area contributed by atoms with Gasteiger partial charge in [-0.2, -0.15) is 10.1 Å². The Kier molecular flexibility index (Phi) is 10.7. The van der Waals surface area contributed by atoms with E-state index in [0.29, 0.717) is 105 Å². The molecule has 1 atom stereocenters. The summed E-state index contributed by atoms with van der Waals surface area (Å²) in [5.41, 5.74) is 6.59. The third-order valence-corrected chi connectivity index (χ3v) is 12.0. The van der Waals surface area contributed by atoms with E-state index in [2.05, 4.69) is 46.1 Å². The van der Waals surface area contributed by atoms with Crippen LogP contribution in [-0.2, 0) is 27.3 Å². The van der Waals surface area contributed by atoms with Crippen molar-refractivity contribution in [3.05, 3.63) is 77.2 Å². The van der Waals surface area contributed by atoms with Gasteiger partial charge < -0.3 is 29.9 Å². The topological polar surface area (TPSA) is 213 Å². The number of unbranched alkanes of at least 4 members (excludes halogenated alkanes) is 1. The summed E-state index contributed by atoms with van der Waals surface area (Å²) in [7, 11) is 0. The molecule has 18 nitrogen and oxygen atoms in total. The number of aromatic nitrogens is 6. The number of anilines is 3. The van der Waals surface area contributed by atoms with Gasteiger partial charge in [-0.25, -0.2) is 14.3 Å². The summed E-state index contributed by atoms with van der Waals surface area (Å²) >= 11 is 0. The summed E-state index contributed by atoms with van der Waals surface area (Å²) in [6.07, 6.45) is 12.2. The van der Waals surface area contributed by atoms with Crippen LogP contribution in [-0.4, -0.2) is 101 Å². The van der Waals surface area contributed by atoms with Gasteiger partial charge in [0.2, 0.25) is 29.4 Å². The maximum absolute atomic E-state index is 13.1. The molecule has 5 aromatic rings. The average Bonchev–Trinajstić information content (AvgIpc) is 4.08. The third-order valence-electron chi connectivity index (χ3n) is 12.0. The van der Waals surface area contributed by atoms with Gasteiger partial charge in [-0.05, 0) is 74.4 Å². The van der Waals surface area contributed by atoms with E-state index in [1.807, 2.05) is 46.7 Å². The molecule has 18 heteroatoms. The van der Waals surface area contributed by atoms with E-state index in [0.717, 1.165) is 53.8 Å². The molecule has 3 fully saturated rings. The Morgan fingerprint density at radius 3 is 2.58 bits per heavy atom. The molecular formula is C42H46N12O6. The maximum Gasteiger partial charge on any atom is 0.323 e. The molecule has 1 unspecified atom stereocenters. The summed E-state index contributed by atoms with van der Waals surface area (Å²) in [5.74, 6) is 0.300. The van der Waals surface area contributed by atoms with E-state index in [-0.39, 0.29) is 24.1 Å². The number of piperazine rings is 1. The number of hydrogen-bond donors (Lipinski definition) is 3. The summed E-state index contributed by atoms with van der Waals surface area (Å²) in [4.78, 5) is 82.5. The van der Waals surface area contributed by atoms with Gasteiger partial charge in [-0.3, -0.25) is 29.5 Å². The fourth-order valence-corrected chi connectivity index (χ4v) is 8.88. The van der Waals surface area contributed by atoms with Crippen molar-refractivity contribution in [1.29, 1.82) is 0 Å². The zero-order valence-electron chi connectivity index (χ0n) is 33.4. The number of fused-ring (bicyclic) bond motifs is 2. The SMILES string of the molecule is Cc1cc(NC(=O)Nc2cnc3ccnn3c2C2CCCC2)cnc1-c1noc(CCCCC(=O)N2CCN(c3ccc4c(c3)CN(C3CCC(=O)NC3=O)C4=O)CC2)n1. The molecule has 3 N–H and O–H groups in total. The van der Waals surface area contributed by atoms with Crippen LogP contribution in [0.4, 0.5) is 21.9 Å². The van der Waals surface area contributed by atoms with Crippen molar-refractivity contribution in [3.63, 3.8) is 0 Å². The normalized spacial score (nSPS) is 18.3. The van der Waals surface area contributed by atoms with Crippen LogP contribution in [0.3, 0.4) is 0 Å². The number of carbonyl (C=O) groups is 5. The Hall–Kier alpha value is -6.72. The molecule has 9 rings (SSSR count). The van der Waals surface area contributed by atoms with E-state index in [1.54, 1.807) is 23.5 Å². The zero-order valence-corrected chi connectivity index (χ0v) is 33.4. The van der Waals surface area contributed by atoms with E-state index in [1.165, 1.54) is 0 Å². The lowest BCUT2D eigenvalue weighted by Gasteiger charge is -2.36. The lowest BCUT2D eigenvalue weighted by molar-refractivity contribution is -0.137. The highest BCUT2D eigenvalue weighted by molar-refractivity contribution is 6.05. The Morgan fingerprint density at radius 2 is 1.78 bits per heavy atom. The van der Waals surface area contributed by atoms with Gasteiger partial charge in [0, 0.05) is 75.2 Å². The lowest BCUT2D eigenvalue weighted by Crippen LogP contribution is -2.52. The molecule has 0 radical (unpaired) electrons. The molecule has 4 aliphatic rings. The second-order valence-corrected chi connectivity index (χ2v) is 15.9. The molecule has 60 heavy (non-hydrogen) atoms. The van der Waals surface area contributed by atoms with Gasteiger partial charge in [0.25, 0.3) is 5.91 Å². The maximum atomic E-state index is 13.1. The quantitative estimate of drug-likeness (QED) is 0.123. The molecule has 7 heterocycles. The molecule has 6 amide bonds. The standard InChI is InChI=1S/C42H46N12O6/c1-25-20-28(46-42(59)47-31-23-43-33-14-15-45-54(33)38(31)26-6-2-3-7-26)22-44-37(25)39-49-35(60-50-39)8-4-5-9-36(56)52-18-16-51(17-19-52)29-10-11-30-27(21-29)24-53(41(30)58)32-12-13-34(55)48-40(32)57/h10-11,14-15,20-23,26,32H,2-9,12-13,16-19,24H2,1H3,(H2,46,47,59)(H,48,55,57). The molecule has 4 aromatic heterocycles. The Labute approximate surface area is 345 Å². The number of aryl methyl sites for hydroxylation is 2. The predicted octanol–water partition coefficient (Wildman–Crippen LogP) is 4.61. The molecule has 1 aliphatic carbocycles. The van der Waals surface area contributed by atoms with Crippen molar-refractivity contribution < 1.29 is 28.5 Å². The van der Waals surface area contributed by atoms with Crippen LogP contribution >= 0.6 is 0 Å². The fourth-order valence-electron chi connectivity index (χ4n) is 8.88. The zero-order chi connectivity index (χ0) is 41.3. The minimum atomic E-state index is -0.647. The molecule has 0 bridgehead atoms. The minimum absolute atomic E-state index is 0.104. The smallest absolute Gasteiger partial charge is 0.323 e. The van der Waals surface area contributed by atoms with E-state index >= 15 is 0 Å². The first-order valence-corrected chi connectivity index (χ1v) is 20.7. The first kappa shape index (κ1) is 38.8. The number of piperidine rings is 1. The largest absolute Gasteiger partial charge is 0.368 e. The fraction of sp³-hybridized carbons (Fsp3) is 0.429. The number of nitrogens with one attached hydrogen (secondary N) is 3. The van der Waals surface area contributed by atoms with Crippen LogP contribution in [0.1, 0.15) is 96.8 Å². The van der Waals surface area contributed by atoms with Crippen molar-refractivity contribution in [3.8, 4) is 11.5 Å². The number of amides is 6. The predicted molar refractivity (Wildman–Crippen MR) is 218 cm³/mol. The second kappa shape index (κ2) is 16.5. The minimum Gasteiger partial charge on any atom is -0.368 e.